The lowest BCUT2D eigenvalue weighted by Gasteiger charge is -2.34. The number of likely N-dealkylation sites (tertiary alicyclic amines) is 1. The van der Waals surface area contributed by atoms with Crippen molar-refractivity contribution in [1.82, 2.24) is 4.90 Å². The number of halogens is 2. The molecule has 1 saturated heterocycles. The number of aliphatic hydroxyl groups excluding tert-OH is 1. The molecular formula is C16H21F2NO2. The Kier molecular flexibility index (Phi) is 5.28. The van der Waals surface area contributed by atoms with Crippen molar-refractivity contribution in [3.05, 3.63) is 35.4 Å². The zero-order valence-electron chi connectivity index (χ0n) is 12.2. The van der Waals surface area contributed by atoms with Crippen molar-refractivity contribution in [3.8, 4) is 0 Å². The molecule has 1 aromatic carbocycles. The van der Waals surface area contributed by atoms with Crippen molar-refractivity contribution in [1.29, 1.82) is 0 Å². The van der Waals surface area contributed by atoms with E-state index < -0.39 is 17.7 Å². The van der Waals surface area contributed by atoms with Gasteiger partial charge in [-0.05, 0) is 37.8 Å². The Morgan fingerprint density at radius 1 is 1.48 bits per heavy atom. The van der Waals surface area contributed by atoms with Gasteiger partial charge in [0.1, 0.15) is 0 Å². The van der Waals surface area contributed by atoms with Gasteiger partial charge in [-0.25, -0.2) is 8.78 Å². The number of hydrogen-bond donors (Lipinski definition) is 1. The molecule has 21 heavy (non-hydrogen) atoms. The van der Waals surface area contributed by atoms with Crippen LogP contribution in [0.3, 0.4) is 0 Å². The van der Waals surface area contributed by atoms with E-state index in [4.69, 9.17) is 0 Å². The number of piperidine rings is 1. The Balaban J connectivity index is 1.91. The maximum Gasteiger partial charge on any atom is 0.222 e. The van der Waals surface area contributed by atoms with Crippen molar-refractivity contribution in [2.75, 3.05) is 13.1 Å². The monoisotopic (exact) mass is 297 g/mol. The summed E-state index contributed by atoms with van der Waals surface area (Å²) in [6.07, 6.45) is 1.71. The van der Waals surface area contributed by atoms with Gasteiger partial charge in [-0.3, -0.25) is 4.79 Å². The molecule has 1 amide bonds. The van der Waals surface area contributed by atoms with Crippen LogP contribution >= 0.6 is 0 Å². The Bertz CT molecular complexity index is 505. The molecule has 2 atom stereocenters. The molecule has 116 valence electrons. The van der Waals surface area contributed by atoms with E-state index in [2.05, 4.69) is 0 Å². The van der Waals surface area contributed by atoms with Gasteiger partial charge >= 0.3 is 0 Å². The minimum atomic E-state index is -0.882. The van der Waals surface area contributed by atoms with Crippen LogP contribution in [0.25, 0.3) is 0 Å². The summed E-state index contributed by atoms with van der Waals surface area (Å²) in [5, 5.41) is 9.62. The number of amides is 1. The molecule has 1 aromatic rings. The van der Waals surface area contributed by atoms with E-state index in [-0.39, 0.29) is 30.2 Å². The predicted molar refractivity (Wildman–Crippen MR) is 75.7 cm³/mol. The van der Waals surface area contributed by atoms with Crippen molar-refractivity contribution in [2.24, 2.45) is 5.92 Å². The summed E-state index contributed by atoms with van der Waals surface area (Å²) < 4.78 is 26.6. The lowest BCUT2D eigenvalue weighted by molar-refractivity contribution is -0.133. The molecule has 0 aliphatic carbocycles. The standard InChI is InChI=1S/C16H21F2NO2/c1-11(20)13-5-3-9-19(10-13)15(21)8-7-12-4-2-6-14(17)16(12)18/h2,4,6,11,13,20H,3,5,7-10H2,1H3. The van der Waals surface area contributed by atoms with Gasteiger partial charge in [-0.2, -0.15) is 0 Å². The highest BCUT2D eigenvalue weighted by atomic mass is 19.2. The molecule has 0 bridgehead atoms. The van der Waals surface area contributed by atoms with Crippen molar-refractivity contribution < 1.29 is 18.7 Å². The summed E-state index contributed by atoms with van der Waals surface area (Å²) in [5.41, 5.74) is 0.229. The first-order chi connectivity index (χ1) is 9.99. The highest BCUT2D eigenvalue weighted by molar-refractivity contribution is 5.76. The van der Waals surface area contributed by atoms with Gasteiger partial charge in [0.05, 0.1) is 6.10 Å². The molecule has 1 aliphatic rings. The number of aryl methyl sites for hydroxylation is 1. The van der Waals surface area contributed by atoms with Crippen molar-refractivity contribution in [3.63, 3.8) is 0 Å². The smallest absolute Gasteiger partial charge is 0.222 e. The van der Waals surface area contributed by atoms with Crippen LogP contribution in [0.5, 0.6) is 0 Å². The fourth-order valence-corrected chi connectivity index (χ4v) is 2.77. The van der Waals surface area contributed by atoms with E-state index in [0.717, 1.165) is 18.9 Å². The van der Waals surface area contributed by atoms with Crippen LogP contribution in [0, 0.1) is 17.6 Å². The summed E-state index contributed by atoms with van der Waals surface area (Å²) >= 11 is 0. The van der Waals surface area contributed by atoms with Gasteiger partial charge in [0.15, 0.2) is 11.6 Å². The number of aliphatic hydroxyl groups is 1. The third kappa shape index (κ3) is 4.00. The molecule has 2 unspecified atom stereocenters. The van der Waals surface area contributed by atoms with Crippen LogP contribution in [0.15, 0.2) is 18.2 Å². The fourth-order valence-electron chi connectivity index (χ4n) is 2.77. The average molecular weight is 297 g/mol. The fraction of sp³-hybridized carbons (Fsp3) is 0.562. The van der Waals surface area contributed by atoms with Crippen molar-refractivity contribution in [2.45, 2.75) is 38.7 Å². The maximum atomic E-state index is 13.5. The molecule has 1 aliphatic heterocycles. The zero-order chi connectivity index (χ0) is 15.4. The third-order valence-corrected chi connectivity index (χ3v) is 4.13. The van der Waals surface area contributed by atoms with E-state index in [1.807, 2.05) is 0 Å². The molecule has 2 rings (SSSR count). The zero-order valence-corrected chi connectivity index (χ0v) is 12.2. The average Bonchev–Trinajstić information content (AvgIpc) is 2.48. The summed E-state index contributed by atoms with van der Waals surface area (Å²) in [5.74, 6) is -1.71. The molecule has 3 nitrogen and oxygen atoms in total. The lowest BCUT2D eigenvalue weighted by atomic mass is 9.93. The number of carbonyl (C=O) groups excluding carboxylic acids is 1. The van der Waals surface area contributed by atoms with Crippen LogP contribution < -0.4 is 0 Å². The second-order valence-corrected chi connectivity index (χ2v) is 5.70. The second kappa shape index (κ2) is 6.98. The maximum absolute atomic E-state index is 13.5. The van der Waals surface area contributed by atoms with Gasteiger partial charge in [0, 0.05) is 25.4 Å². The van der Waals surface area contributed by atoms with Gasteiger partial charge in [-0.1, -0.05) is 12.1 Å². The summed E-state index contributed by atoms with van der Waals surface area (Å²) in [6, 6.07) is 4.02. The van der Waals surface area contributed by atoms with Gasteiger partial charge in [-0.15, -0.1) is 0 Å². The highest BCUT2D eigenvalue weighted by Crippen LogP contribution is 2.21. The minimum Gasteiger partial charge on any atom is -0.393 e. The Labute approximate surface area is 123 Å². The molecule has 0 saturated carbocycles. The number of benzene rings is 1. The van der Waals surface area contributed by atoms with Crippen LogP contribution in [0.2, 0.25) is 0 Å². The first kappa shape index (κ1) is 15.9. The first-order valence-electron chi connectivity index (χ1n) is 7.37. The normalized spacial score (nSPS) is 20.4. The van der Waals surface area contributed by atoms with Crippen LogP contribution in [-0.2, 0) is 11.2 Å². The molecular weight excluding hydrogens is 276 g/mol. The highest BCUT2D eigenvalue weighted by Gasteiger charge is 2.26. The van der Waals surface area contributed by atoms with E-state index in [1.54, 1.807) is 11.8 Å². The number of hydrogen-bond acceptors (Lipinski definition) is 2. The third-order valence-electron chi connectivity index (χ3n) is 4.13. The molecule has 0 aromatic heterocycles. The predicted octanol–water partition coefficient (Wildman–Crippen LogP) is 2.52. The number of rotatable bonds is 4. The molecule has 1 fully saturated rings. The Morgan fingerprint density at radius 2 is 2.24 bits per heavy atom. The molecule has 1 heterocycles. The lowest BCUT2D eigenvalue weighted by Crippen LogP contribution is -2.43. The number of carbonyl (C=O) groups is 1. The largest absolute Gasteiger partial charge is 0.393 e. The van der Waals surface area contributed by atoms with E-state index in [0.29, 0.717) is 13.1 Å². The second-order valence-electron chi connectivity index (χ2n) is 5.70. The number of nitrogens with zero attached hydrogens (tertiary/aromatic N) is 1. The van der Waals surface area contributed by atoms with Crippen LogP contribution in [0.1, 0.15) is 31.7 Å². The van der Waals surface area contributed by atoms with E-state index in [9.17, 15) is 18.7 Å². The Hall–Kier alpha value is -1.49. The van der Waals surface area contributed by atoms with Gasteiger partial charge in [0.2, 0.25) is 5.91 Å². The SMILES string of the molecule is CC(O)C1CCCN(C(=O)CCc2cccc(F)c2F)C1. The summed E-state index contributed by atoms with van der Waals surface area (Å²) in [4.78, 5) is 13.9. The van der Waals surface area contributed by atoms with E-state index >= 15 is 0 Å². The van der Waals surface area contributed by atoms with Gasteiger partial charge < -0.3 is 10.0 Å². The topological polar surface area (TPSA) is 40.5 Å². The van der Waals surface area contributed by atoms with Crippen LogP contribution in [0.4, 0.5) is 8.78 Å². The Morgan fingerprint density at radius 3 is 2.95 bits per heavy atom. The molecule has 0 radical (unpaired) electrons. The van der Waals surface area contributed by atoms with Crippen molar-refractivity contribution >= 4 is 5.91 Å². The van der Waals surface area contributed by atoms with E-state index in [1.165, 1.54) is 12.1 Å². The summed E-state index contributed by atoms with van der Waals surface area (Å²) in [6.45, 7) is 2.95. The minimum absolute atomic E-state index is 0.0657. The molecule has 5 heteroatoms. The molecule has 1 N–H and O–H groups in total. The molecule has 0 spiro atoms. The first-order valence-corrected chi connectivity index (χ1v) is 7.37. The summed E-state index contributed by atoms with van der Waals surface area (Å²) in [7, 11) is 0. The quantitative estimate of drug-likeness (QED) is 0.927. The van der Waals surface area contributed by atoms with Gasteiger partial charge in [0.25, 0.3) is 0 Å². The van der Waals surface area contributed by atoms with Crippen LogP contribution in [-0.4, -0.2) is 35.1 Å².